The largest absolute Gasteiger partial charge is 0.384 e. The molecule has 0 fully saturated rings. The number of halogens is 1. The molecule has 64 valence electrons. The van der Waals surface area contributed by atoms with Crippen LogP contribution in [0.2, 0.25) is 0 Å². The number of hydrogen-bond donors (Lipinski definition) is 1. The van der Waals surface area contributed by atoms with E-state index in [0.717, 1.165) is 11.1 Å². The summed E-state index contributed by atoms with van der Waals surface area (Å²) in [5.41, 5.74) is 1.68. The Labute approximate surface area is 86.3 Å². The lowest BCUT2D eigenvalue weighted by molar-refractivity contribution is 0.216. The van der Waals surface area contributed by atoms with E-state index in [1.54, 1.807) is 0 Å². The SMILES string of the molecule is C=C(C)C(O)c1ccc(I)cc1. The maximum atomic E-state index is 9.59. The van der Waals surface area contributed by atoms with Gasteiger partial charge in [0.25, 0.3) is 0 Å². The summed E-state index contributed by atoms with van der Waals surface area (Å²) in [7, 11) is 0. The number of benzene rings is 1. The Kier molecular flexibility index (Phi) is 3.29. The van der Waals surface area contributed by atoms with Crippen LogP contribution in [-0.4, -0.2) is 5.11 Å². The van der Waals surface area contributed by atoms with Crippen LogP contribution in [0.25, 0.3) is 0 Å². The molecular weight excluding hydrogens is 263 g/mol. The van der Waals surface area contributed by atoms with Crippen LogP contribution in [0.4, 0.5) is 0 Å². The zero-order valence-electron chi connectivity index (χ0n) is 6.92. The summed E-state index contributed by atoms with van der Waals surface area (Å²) in [5.74, 6) is 0. The van der Waals surface area contributed by atoms with Crippen molar-refractivity contribution in [3.05, 3.63) is 45.6 Å². The van der Waals surface area contributed by atoms with Crippen molar-refractivity contribution >= 4 is 22.6 Å². The summed E-state index contributed by atoms with van der Waals surface area (Å²) < 4.78 is 1.17. The maximum Gasteiger partial charge on any atom is 0.0995 e. The molecule has 1 atom stereocenters. The highest BCUT2D eigenvalue weighted by molar-refractivity contribution is 14.1. The third-order valence-electron chi connectivity index (χ3n) is 1.65. The summed E-state index contributed by atoms with van der Waals surface area (Å²) in [6.45, 7) is 5.52. The molecule has 1 aromatic carbocycles. The molecule has 0 radical (unpaired) electrons. The van der Waals surface area contributed by atoms with Crippen molar-refractivity contribution in [1.82, 2.24) is 0 Å². The van der Waals surface area contributed by atoms with Crippen LogP contribution in [0.3, 0.4) is 0 Å². The van der Waals surface area contributed by atoms with Crippen LogP contribution in [0.5, 0.6) is 0 Å². The second kappa shape index (κ2) is 4.05. The standard InChI is InChI=1S/C10H11IO/c1-7(2)10(12)8-3-5-9(11)6-4-8/h3-6,10,12H,1H2,2H3. The Morgan fingerprint density at radius 2 is 1.92 bits per heavy atom. The van der Waals surface area contributed by atoms with Gasteiger partial charge in [0.2, 0.25) is 0 Å². The van der Waals surface area contributed by atoms with Gasteiger partial charge in [-0.05, 0) is 52.8 Å². The molecule has 0 aliphatic heterocycles. The predicted octanol–water partition coefficient (Wildman–Crippen LogP) is 2.90. The van der Waals surface area contributed by atoms with E-state index in [-0.39, 0.29) is 0 Å². The van der Waals surface area contributed by atoms with Gasteiger partial charge in [0.15, 0.2) is 0 Å². The van der Waals surface area contributed by atoms with E-state index >= 15 is 0 Å². The maximum absolute atomic E-state index is 9.59. The van der Waals surface area contributed by atoms with E-state index in [1.165, 1.54) is 3.57 Å². The number of hydrogen-bond acceptors (Lipinski definition) is 1. The summed E-state index contributed by atoms with van der Waals surface area (Å²) in [4.78, 5) is 0. The highest BCUT2D eigenvalue weighted by Crippen LogP contribution is 2.20. The van der Waals surface area contributed by atoms with Crippen LogP contribution in [0.15, 0.2) is 36.4 Å². The Balaban J connectivity index is 2.89. The van der Waals surface area contributed by atoms with Gasteiger partial charge in [-0.2, -0.15) is 0 Å². The van der Waals surface area contributed by atoms with E-state index in [9.17, 15) is 5.11 Å². The van der Waals surface area contributed by atoms with E-state index in [4.69, 9.17) is 0 Å². The molecule has 0 saturated heterocycles. The minimum Gasteiger partial charge on any atom is -0.384 e. The molecule has 0 amide bonds. The molecule has 1 nitrogen and oxygen atoms in total. The highest BCUT2D eigenvalue weighted by atomic mass is 127. The molecule has 0 aliphatic carbocycles. The third-order valence-corrected chi connectivity index (χ3v) is 2.37. The van der Waals surface area contributed by atoms with Gasteiger partial charge in [0, 0.05) is 3.57 Å². The predicted molar refractivity (Wildman–Crippen MR) is 58.9 cm³/mol. The molecular formula is C10H11IO. The van der Waals surface area contributed by atoms with Crippen molar-refractivity contribution in [3.8, 4) is 0 Å². The molecule has 1 aromatic rings. The molecule has 1 N–H and O–H groups in total. The van der Waals surface area contributed by atoms with Crippen molar-refractivity contribution in [2.24, 2.45) is 0 Å². The zero-order chi connectivity index (χ0) is 9.14. The highest BCUT2D eigenvalue weighted by Gasteiger charge is 2.06. The number of rotatable bonds is 2. The second-order valence-corrected chi connectivity index (χ2v) is 4.05. The van der Waals surface area contributed by atoms with Crippen LogP contribution in [0.1, 0.15) is 18.6 Å². The van der Waals surface area contributed by atoms with Gasteiger partial charge < -0.3 is 5.11 Å². The van der Waals surface area contributed by atoms with Crippen LogP contribution >= 0.6 is 22.6 Å². The zero-order valence-corrected chi connectivity index (χ0v) is 9.08. The van der Waals surface area contributed by atoms with Gasteiger partial charge in [-0.25, -0.2) is 0 Å². The molecule has 1 unspecified atom stereocenters. The van der Waals surface area contributed by atoms with E-state index in [0.29, 0.717) is 0 Å². The van der Waals surface area contributed by atoms with Crippen molar-refractivity contribution in [3.63, 3.8) is 0 Å². The van der Waals surface area contributed by atoms with Crippen molar-refractivity contribution in [1.29, 1.82) is 0 Å². The average Bonchev–Trinajstić information content (AvgIpc) is 2.04. The fourth-order valence-electron chi connectivity index (χ4n) is 0.930. The molecule has 0 heterocycles. The second-order valence-electron chi connectivity index (χ2n) is 2.80. The Bertz CT molecular complexity index is 276. The Morgan fingerprint density at radius 3 is 2.33 bits per heavy atom. The third kappa shape index (κ3) is 2.32. The lowest BCUT2D eigenvalue weighted by Crippen LogP contribution is -1.97. The van der Waals surface area contributed by atoms with Gasteiger partial charge >= 0.3 is 0 Å². The minimum atomic E-state index is -0.526. The first-order valence-electron chi connectivity index (χ1n) is 3.70. The van der Waals surface area contributed by atoms with Gasteiger partial charge in [0.1, 0.15) is 0 Å². The topological polar surface area (TPSA) is 20.2 Å². The average molecular weight is 274 g/mol. The van der Waals surface area contributed by atoms with Crippen LogP contribution in [-0.2, 0) is 0 Å². The summed E-state index contributed by atoms with van der Waals surface area (Å²) in [6, 6.07) is 7.78. The molecule has 0 bridgehead atoms. The van der Waals surface area contributed by atoms with E-state index in [1.807, 2.05) is 31.2 Å². The van der Waals surface area contributed by atoms with Crippen molar-refractivity contribution < 1.29 is 5.11 Å². The van der Waals surface area contributed by atoms with Crippen LogP contribution in [0, 0.1) is 3.57 Å². The molecule has 1 rings (SSSR count). The van der Waals surface area contributed by atoms with Gasteiger partial charge in [-0.15, -0.1) is 0 Å². The first-order valence-corrected chi connectivity index (χ1v) is 4.78. The smallest absolute Gasteiger partial charge is 0.0995 e. The quantitative estimate of drug-likeness (QED) is 0.649. The fraction of sp³-hybridized carbons (Fsp3) is 0.200. The first-order chi connectivity index (χ1) is 5.61. The summed E-state index contributed by atoms with van der Waals surface area (Å²) >= 11 is 2.23. The fourth-order valence-corrected chi connectivity index (χ4v) is 1.29. The normalized spacial score (nSPS) is 12.6. The number of aliphatic hydroxyl groups excluding tert-OH is 1. The molecule has 2 heteroatoms. The van der Waals surface area contributed by atoms with E-state index in [2.05, 4.69) is 29.2 Å². The van der Waals surface area contributed by atoms with Gasteiger partial charge in [0.05, 0.1) is 6.10 Å². The first kappa shape index (κ1) is 9.74. The number of aliphatic hydroxyl groups is 1. The van der Waals surface area contributed by atoms with Gasteiger partial charge in [-0.3, -0.25) is 0 Å². The van der Waals surface area contributed by atoms with Crippen molar-refractivity contribution in [2.75, 3.05) is 0 Å². The monoisotopic (exact) mass is 274 g/mol. The van der Waals surface area contributed by atoms with Crippen molar-refractivity contribution in [2.45, 2.75) is 13.0 Å². The van der Waals surface area contributed by atoms with E-state index < -0.39 is 6.10 Å². The Morgan fingerprint density at radius 1 is 1.42 bits per heavy atom. The minimum absolute atomic E-state index is 0.526. The molecule has 0 saturated carbocycles. The van der Waals surface area contributed by atoms with Gasteiger partial charge in [-0.1, -0.05) is 18.7 Å². The lowest BCUT2D eigenvalue weighted by Gasteiger charge is -2.09. The molecule has 0 spiro atoms. The summed E-state index contributed by atoms with van der Waals surface area (Å²) in [6.07, 6.45) is -0.526. The van der Waals surface area contributed by atoms with Crippen LogP contribution < -0.4 is 0 Å². The lowest BCUT2D eigenvalue weighted by atomic mass is 10.0. The molecule has 12 heavy (non-hydrogen) atoms. The Hall–Kier alpha value is -0.350. The molecule has 0 aliphatic rings. The summed E-state index contributed by atoms with van der Waals surface area (Å²) in [5, 5.41) is 9.59. The molecule has 0 aromatic heterocycles.